The van der Waals surface area contributed by atoms with E-state index in [1.165, 1.54) is 6.42 Å². The molecule has 25 heavy (non-hydrogen) atoms. The van der Waals surface area contributed by atoms with Gasteiger partial charge in [-0.2, -0.15) is 0 Å². The molecule has 2 aliphatic rings. The second kappa shape index (κ2) is 6.43. The maximum Gasteiger partial charge on any atom is 0.320 e. The number of urea groups is 1. The molecule has 0 unspecified atom stereocenters. The van der Waals surface area contributed by atoms with Crippen molar-refractivity contribution in [2.24, 2.45) is 11.8 Å². The molecular formula is C19H23N3O3. The predicted molar refractivity (Wildman–Crippen MR) is 94.4 cm³/mol. The van der Waals surface area contributed by atoms with Gasteiger partial charge in [0.15, 0.2) is 11.6 Å². The summed E-state index contributed by atoms with van der Waals surface area (Å²) < 4.78 is 11.2. The van der Waals surface area contributed by atoms with Crippen LogP contribution in [0, 0.1) is 11.8 Å². The van der Waals surface area contributed by atoms with Crippen molar-refractivity contribution >= 4 is 11.8 Å². The largest absolute Gasteiger partial charge is 0.488 e. The number of carbonyl (C=O) groups is 1. The van der Waals surface area contributed by atoms with Crippen LogP contribution in [0.5, 0.6) is 5.75 Å². The third kappa shape index (κ3) is 2.97. The Kier molecular flexibility index (Phi) is 4.11. The maximum absolute atomic E-state index is 12.4. The fourth-order valence-corrected chi connectivity index (χ4v) is 3.78. The molecular weight excluding hydrogens is 318 g/mol. The highest BCUT2D eigenvalue weighted by atomic mass is 16.5. The lowest BCUT2D eigenvalue weighted by atomic mass is 9.78. The molecule has 2 heterocycles. The Morgan fingerprint density at radius 2 is 2.08 bits per heavy atom. The second-order valence-corrected chi connectivity index (χ2v) is 7.10. The first-order valence-corrected chi connectivity index (χ1v) is 8.91. The zero-order chi connectivity index (χ0) is 17.4. The summed E-state index contributed by atoms with van der Waals surface area (Å²) >= 11 is 0. The summed E-state index contributed by atoms with van der Waals surface area (Å²) in [5, 5.41) is 9.96. The van der Waals surface area contributed by atoms with Gasteiger partial charge in [0.2, 0.25) is 0 Å². The third-order valence-corrected chi connectivity index (χ3v) is 5.55. The van der Waals surface area contributed by atoms with Gasteiger partial charge in [-0.1, -0.05) is 44.0 Å². The van der Waals surface area contributed by atoms with Crippen molar-refractivity contribution in [2.45, 2.75) is 45.8 Å². The molecule has 3 atom stereocenters. The number of hydrogen-bond acceptors (Lipinski definition) is 4. The van der Waals surface area contributed by atoms with Crippen LogP contribution in [0.3, 0.4) is 0 Å². The molecule has 1 aliphatic carbocycles. The van der Waals surface area contributed by atoms with Crippen LogP contribution in [0.4, 0.5) is 10.6 Å². The smallest absolute Gasteiger partial charge is 0.320 e. The third-order valence-electron chi connectivity index (χ3n) is 5.55. The van der Waals surface area contributed by atoms with Crippen molar-refractivity contribution in [2.75, 3.05) is 5.32 Å². The van der Waals surface area contributed by atoms with E-state index in [0.29, 0.717) is 30.0 Å². The Morgan fingerprint density at radius 1 is 1.24 bits per heavy atom. The standard InChI is InChI=1S/C19H23N3O3/c1-11-6-5-8-15(12(11)2)20-19(23)21-18-14-10-24-16-9-4-3-7-13(16)17(14)25-22-18/h3-4,7,9,11-12,15H,5-6,8,10H2,1-2H3,(H2,20,21,22,23)/t11-,12-,15+/m1/s1. The number of carbonyl (C=O) groups excluding carboxylic acids is 1. The molecule has 0 saturated heterocycles. The number of hydrogen-bond donors (Lipinski definition) is 2. The molecule has 132 valence electrons. The number of ether oxygens (including phenoxy) is 1. The van der Waals surface area contributed by atoms with Crippen molar-refractivity contribution in [1.82, 2.24) is 10.5 Å². The van der Waals surface area contributed by atoms with Crippen LogP contribution in [-0.2, 0) is 6.61 Å². The van der Waals surface area contributed by atoms with E-state index in [-0.39, 0.29) is 12.1 Å². The van der Waals surface area contributed by atoms with E-state index < -0.39 is 0 Å². The molecule has 1 saturated carbocycles. The molecule has 6 nitrogen and oxygen atoms in total. The summed E-state index contributed by atoms with van der Waals surface area (Å²) in [4.78, 5) is 12.4. The highest BCUT2D eigenvalue weighted by Crippen LogP contribution is 2.40. The minimum atomic E-state index is -0.235. The van der Waals surface area contributed by atoms with E-state index in [1.54, 1.807) is 0 Å². The molecule has 1 fully saturated rings. The summed E-state index contributed by atoms with van der Waals surface area (Å²) in [7, 11) is 0. The molecule has 4 rings (SSSR count). The molecule has 6 heteroatoms. The van der Waals surface area contributed by atoms with E-state index in [2.05, 4.69) is 29.6 Å². The number of benzene rings is 1. The average molecular weight is 341 g/mol. The van der Waals surface area contributed by atoms with Gasteiger partial charge in [-0.3, -0.25) is 5.32 Å². The Hall–Kier alpha value is -2.50. The second-order valence-electron chi connectivity index (χ2n) is 7.10. The highest BCUT2D eigenvalue weighted by molar-refractivity contribution is 5.90. The minimum Gasteiger partial charge on any atom is -0.488 e. The van der Waals surface area contributed by atoms with Crippen LogP contribution < -0.4 is 15.4 Å². The molecule has 2 N–H and O–H groups in total. The van der Waals surface area contributed by atoms with Crippen LogP contribution >= 0.6 is 0 Å². The van der Waals surface area contributed by atoms with Gasteiger partial charge >= 0.3 is 6.03 Å². The van der Waals surface area contributed by atoms with Crippen LogP contribution in [0.25, 0.3) is 11.3 Å². The van der Waals surface area contributed by atoms with E-state index in [9.17, 15) is 4.79 Å². The lowest BCUT2D eigenvalue weighted by molar-refractivity contribution is 0.201. The number of aromatic nitrogens is 1. The normalized spacial score (nSPS) is 24.6. The minimum absolute atomic E-state index is 0.198. The van der Waals surface area contributed by atoms with Gasteiger partial charge in [0.1, 0.15) is 12.4 Å². The summed E-state index contributed by atoms with van der Waals surface area (Å²) in [6.07, 6.45) is 3.40. The maximum atomic E-state index is 12.4. The summed E-state index contributed by atoms with van der Waals surface area (Å²) in [6.45, 7) is 4.79. The first-order valence-electron chi connectivity index (χ1n) is 8.91. The van der Waals surface area contributed by atoms with Crippen molar-refractivity contribution in [3.05, 3.63) is 29.8 Å². The quantitative estimate of drug-likeness (QED) is 0.859. The average Bonchev–Trinajstić information content (AvgIpc) is 3.02. The number of nitrogens with one attached hydrogen (secondary N) is 2. The van der Waals surface area contributed by atoms with Gasteiger partial charge in [-0.25, -0.2) is 4.79 Å². The first kappa shape index (κ1) is 16.0. The molecule has 1 aromatic carbocycles. The zero-order valence-corrected chi connectivity index (χ0v) is 14.5. The fraction of sp³-hybridized carbons (Fsp3) is 0.474. The molecule has 2 amide bonds. The van der Waals surface area contributed by atoms with E-state index >= 15 is 0 Å². The number of anilines is 1. The van der Waals surface area contributed by atoms with Gasteiger partial charge in [0.25, 0.3) is 0 Å². The number of rotatable bonds is 2. The zero-order valence-electron chi connectivity index (χ0n) is 14.5. The van der Waals surface area contributed by atoms with Crippen molar-refractivity contribution < 1.29 is 14.1 Å². The summed E-state index contributed by atoms with van der Waals surface area (Å²) in [5.74, 6) is 2.96. The lowest BCUT2D eigenvalue weighted by Crippen LogP contribution is -2.45. The van der Waals surface area contributed by atoms with E-state index in [4.69, 9.17) is 9.26 Å². The molecule has 0 radical (unpaired) electrons. The molecule has 1 aromatic heterocycles. The lowest BCUT2D eigenvalue weighted by Gasteiger charge is -2.34. The Bertz CT molecular complexity index is 786. The molecule has 0 bridgehead atoms. The monoisotopic (exact) mass is 341 g/mol. The molecule has 2 aromatic rings. The van der Waals surface area contributed by atoms with Crippen molar-refractivity contribution in [3.8, 4) is 17.1 Å². The highest BCUT2D eigenvalue weighted by Gasteiger charge is 2.30. The van der Waals surface area contributed by atoms with Crippen LogP contribution in [0.2, 0.25) is 0 Å². The topological polar surface area (TPSA) is 76.4 Å². The van der Waals surface area contributed by atoms with Gasteiger partial charge in [0, 0.05) is 6.04 Å². The van der Waals surface area contributed by atoms with Crippen molar-refractivity contribution in [1.29, 1.82) is 0 Å². The Morgan fingerprint density at radius 3 is 2.96 bits per heavy atom. The number of nitrogens with zero attached hydrogens (tertiary/aromatic N) is 1. The number of amides is 2. The SMILES string of the molecule is C[C@@H]1[C@H](C)CCC[C@@H]1NC(=O)Nc1noc2c1COc1ccccc1-2. The fourth-order valence-electron chi connectivity index (χ4n) is 3.78. The van der Waals surface area contributed by atoms with E-state index in [0.717, 1.165) is 29.7 Å². The number of para-hydroxylation sites is 1. The first-order chi connectivity index (χ1) is 12.1. The van der Waals surface area contributed by atoms with Crippen molar-refractivity contribution in [3.63, 3.8) is 0 Å². The van der Waals surface area contributed by atoms with Gasteiger partial charge in [0.05, 0.1) is 11.1 Å². The van der Waals surface area contributed by atoms with Gasteiger partial charge < -0.3 is 14.6 Å². The van der Waals surface area contributed by atoms with E-state index in [1.807, 2.05) is 24.3 Å². The van der Waals surface area contributed by atoms with Crippen LogP contribution in [-0.4, -0.2) is 17.2 Å². The van der Waals surface area contributed by atoms with Crippen LogP contribution in [0.1, 0.15) is 38.7 Å². The molecule has 1 aliphatic heterocycles. The Balaban J connectivity index is 1.48. The summed E-state index contributed by atoms with van der Waals surface area (Å²) in [5.41, 5.74) is 1.64. The Labute approximate surface area is 146 Å². The molecule has 0 spiro atoms. The summed E-state index contributed by atoms with van der Waals surface area (Å²) in [6, 6.07) is 7.62. The van der Waals surface area contributed by atoms with Crippen LogP contribution in [0.15, 0.2) is 28.8 Å². The number of fused-ring (bicyclic) bond motifs is 3. The predicted octanol–water partition coefficient (Wildman–Crippen LogP) is 4.18. The van der Waals surface area contributed by atoms with Gasteiger partial charge in [-0.05, 0) is 30.4 Å². The van der Waals surface area contributed by atoms with Gasteiger partial charge in [-0.15, -0.1) is 0 Å².